The fourth-order valence-corrected chi connectivity index (χ4v) is 5.74. The summed E-state index contributed by atoms with van der Waals surface area (Å²) in [6.07, 6.45) is 2.21. The Balaban J connectivity index is 1.04. The minimum absolute atomic E-state index is 0.350. The summed E-state index contributed by atoms with van der Waals surface area (Å²) in [6.45, 7) is 5.09. The molecule has 154 valence electrons. The fourth-order valence-electron chi connectivity index (χ4n) is 4.90. The van der Waals surface area contributed by atoms with E-state index in [0.717, 1.165) is 61.5 Å². The maximum atomic E-state index is 12.3. The molecule has 30 heavy (non-hydrogen) atoms. The normalized spacial score (nSPS) is 23.8. The molecule has 0 radical (unpaired) electrons. The molecule has 0 bridgehead atoms. The van der Waals surface area contributed by atoms with Crippen molar-refractivity contribution in [1.29, 1.82) is 0 Å². The standard InChI is InChI=1S/C24H25N3O2S/c28-23(17-7-8-17)27-14-18-12-26(13-19(18)15-27)11-16-5-9-20(10-6-16)29-24-25-21-3-1-2-4-22(21)30-24/h1-6,9-10,17-19H,7-8,11-15H2. The molecule has 3 aliphatic rings. The number of ether oxygens (including phenoxy) is 1. The van der Waals surface area contributed by atoms with Gasteiger partial charge >= 0.3 is 0 Å². The molecule has 2 aromatic carbocycles. The van der Waals surface area contributed by atoms with Crippen molar-refractivity contribution in [3.8, 4) is 10.9 Å². The number of hydrogen-bond acceptors (Lipinski definition) is 5. The van der Waals surface area contributed by atoms with E-state index in [9.17, 15) is 4.79 Å². The molecule has 2 unspecified atom stereocenters. The third-order valence-corrected chi connectivity index (χ3v) is 7.52. The largest absolute Gasteiger partial charge is 0.431 e. The van der Waals surface area contributed by atoms with Crippen molar-refractivity contribution in [2.24, 2.45) is 17.8 Å². The van der Waals surface area contributed by atoms with Crippen molar-refractivity contribution >= 4 is 27.5 Å². The molecule has 6 heteroatoms. The lowest BCUT2D eigenvalue weighted by molar-refractivity contribution is -0.131. The Hall–Kier alpha value is -2.44. The Labute approximate surface area is 180 Å². The fraction of sp³-hybridized carbons (Fsp3) is 0.417. The zero-order valence-corrected chi connectivity index (χ0v) is 17.7. The van der Waals surface area contributed by atoms with Crippen LogP contribution in [0.3, 0.4) is 0 Å². The van der Waals surface area contributed by atoms with Gasteiger partial charge in [0.05, 0.1) is 10.2 Å². The summed E-state index contributed by atoms with van der Waals surface area (Å²) in [5, 5.41) is 0.682. The highest BCUT2D eigenvalue weighted by molar-refractivity contribution is 7.20. The second-order valence-corrected chi connectivity index (χ2v) is 9.92. The minimum atomic E-state index is 0.350. The number of aromatic nitrogens is 1. The number of hydrogen-bond donors (Lipinski definition) is 0. The van der Waals surface area contributed by atoms with Crippen LogP contribution in [0.15, 0.2) is 48.5 Å². The van der Waals surface area contributed by atoms with Gasteiger partial charge in [-0.1, -0.05) is 35.6 Å². The summed E-state index contributed by atoms with van der Waals surface area (Å²) in [6, 6.07) is 16.5. The summed E-state index contributed by atoms with van der Waals surface area (Å²) >= 11 is 1.57. The first-order valence-electron chi connectivity index (χ1n) is 10.8. The highest BCUT2D eigenvalue weighted by Crippen LogP contribution is 2.37. The summed E-state index contributed by atoms with van der Waals surface area (Å²) in [5.41, 5.74) is 2.28. The highest BCUT2D eigenvalue weighted by atomic mass is 32.1. The van der Waals surface area contributed by atoms with E-state index >= 15 is 0 Å². The Morgan fingerprint density at radius 1 is 1.00 bits per heavy atom. The van der Waals surface area contributed by atoms with Crippen molar-refractivity contribution in [2.75, 3.05) is 26.2 Å². The molecule has 1 amide bonds. The molecule has 5 nitrogen and oxygen atoms in total. The van der Waals surface area contributed by atoms with Gasteiger partial charge in [-0.3, -0.25) is 9.69 Å². The van der Waals surface area contributed by atoms with E-state index in [1.165, 1.54) is 5.56 Å². The van der Waals surface area contributed by atoms with Crippen LogP contribution < -0.4 is 4.74 Å². The van der Waals surface area contributed by atoms with Gasteiger partial charge in [0.1, 0.15) is 5.75 Å². The highest BCUT2D eigenvalue weighted by Gasteiger charge is 2.44. The van der Waals surface area contributed by atoms with Crippen molar-refractivity contribution in [2.45, 2.75) is 19.4 Å². The summed E-state index contributed by atoms with van der Waals surface area (Å²) in [5.74, 6) is 2.89. The first-order chi connectivity index (χ1) is 14.7. The van der Waals surface area contributed by atoms with Crippen LogP contribution in [0.1, 0.15) is 18.4 Å². The van der Waals surface area contributed by atoms with Gasteiger partial charge in [0.2, 0.25) is 5.91 Å². The average molecular weight is 420 g/mol. The van der Waals surface area contributed by atoms with Gasteiger partial charge in [0, 0.05) is 38.6 Å². The molecule has 6 rings (SSSR count). The minimum Gasteiger partial charge on any atom is -0.431 e. The first-order valence-corrected chi connectivity index (χ1v) is 11.7. The average Bonchev–Trinajstić information content (AvgIpc) is 3.24. The topological polar surface area (TPSA) is 45.7 Å². The lowest BCUT2D eigenvalue weighted by Gasteiger charge is -2.21. The molecule has 0 spiro atoms. The van der Waals surface area contributed by atoms with Gasteiger partial charge in [0.15, 0.2) is 0 Å². The predicted molar refractivity (Wildman–Crippen MR) is 118 cm³/mol. The number of fused-ring (bicyclic) bond motifs is 2. The van der Waals surface area contributed by atoms with Crippen LogP contribution in [-0.2, 0) is 11.3 Å². The number of likely N-dealkylation sites (tertiary alicyclic amines) is 2. The monoisotopic (exact) mass is 419 g/mol. The predicted octanol–water partition coefficient (Wildman–Crippen LogP) is 4.39. The van der Waals surface area contributed by atoms with Gasteiger partial charge < -0.3 is 9.64 Å². The van der Waals surface area contributed by atoms with Gasteiger partial charge in [-0.2, -0.15) is 0 Å². The number of para-hydroxylation sites is 1. The number of carbonyl (C=O) groups is 1. The Bertz CT molecular complexity index is 1030. The molecular formula is C24H25N3O2S. The number of thiazole rings is 1. The van der Waals surface area contributed by atoms with Crippen LogP contribution in [0.25, 0.3) is 10.2 Å². The van der Waals surface area contributed by atoms with E-state index in [0.29, 0.717) is 28.9 Å². The SMILES string of the molecule is O=C(C1CC1)N1CC2CN(Cc3ccc(Oc4nc5ccccc5s4)cc3)CC2C1. The third kappa shape index (κ3) is 3.59. The van der Waals surface area contributed by atoms with Crippen molar-refractivity contribution in [1.82, 2.24) is 14.8 Å². The molecule has 1 aliphatic carbocycles. The van der Waals surface area contributed by atoms with Crippen LogP contribution in [-0.4, -0.2) is 46.9 Å². The van der Waals surface area contributed by atoms with E-state index in [-0.39, 0.29) is 0 Å². The Morgan fingerprint density at radius 2 is 1.73 bits per heavy atom. The van der Waals surface area contributed by atoms with Crippen LogP contribution in [0.4, 0.5) is 0 Å². The van der Waals surface area contributed by atoms with Crippen LogP contribution in [0, 0.1) is 17.8 Å². The number of benzene rings is 2. The molecule has 2 aliphatic heterocycles. The van der Waals surface area contributed by atoms with E-state index in [4.69, 9.17) is 4.74 Å². The number of nitrogens with zero attached hydrogens (tertiary/aromatic N) is 3. The second-order valence-electron chi connectivity index (χ2n) is 8.93. The molecule has 3 aromatic rings. The zero-order valence-electron chi connectivity index (χ0n) is 16.9. The third-order valence-electron chi connectivity index (χ3n) is 6.61. The van der Waals surface area contributed by atoms with Crippen LogP contribution in [0.2, 0.25) is 0 Å². The molecular weight excluding hydrogens is 394 g/mol. The Morgan fingerprint density at radius 3 is 2.43 bits per heavy atom. The van der Waals surface area contributed by atoms with Crippen molar-refractivity contribution < 1.29 is 9.53 Å². The maximum absolute atomic E-state index is 12.3. The zero-order chi connectivity index (χ0) is 20.1. The second kappa shape index (κ2) is 7.36. The van der Waals surface area contributed by atoms with E-state index in [1.54, 1.807) is 11.3 Å². The smallest absolute Gasteiger partial charge is 0.279 e. The molecule has 1 aromatic heterocycles. The number of rotatable bonds is 5. The molecule has 2 saturated heterocycles. The lowest BCUT2D eigenvalue weighted by Crippen LogP contribution is -2.34. The molecule has 2 atom stereocenters. The van der Waals surface area contributed by atoms with Gasteiger partial charge in [-0.15, -0.1) is 0 Å². The molecule has 3 heterocycles. The van der Waals surface area contributed by atoms with E-state index in [2.05, 4.69) is 33.0 Å². The first kappa shape index (κ1) is 18.3. The number of amides is 1. The number of carbonyl (C=O) groups excluding carboxylic acids is 1. The van der Waals surface area contributed by atoms with Gasteiger partial charge in [-0.05, 0) is 54.5 Å². The molecule has 0 N–H and O–H groups in total. The molecule has 1 saturated carbocycles. The van der Waals surface area contributed by atoms with Crippen LogP contribution in [0.5, 0.6) is 10.9 Å². The lowest BCUT2D eigenvalue weighted by atomic mass is 10.0. The van der Waals surface area contributed by atoms with Gasteiger partial charge in [-0.25, -0.2) is 4.98 Å². The summed E-state index contributed by atoms with van der Waals surface area (Å²) < 4.78 is 7.10. The van der Waals surface area contributed by atoms with E-state index in [1.807, 2.05) is 30.3 Å². The maximum Gasteiger partial charge on any atom is 0.279 e. The van der Waals surface area contributed by atoms with Crippen LogP contribution >= 0.6 is 11.3 Å². The van der Waals surface area contributed by atoms with Crippen molar-refractivity contribution in [3.63, 3.8) is 0 Å². The quantitative estimate of drug-likeness (QED) is 0.615. The Kier molecular flexibility index (Phi) is 4.50. The van der Waals surface area contributed by atoms with E-state index < -0.39 is 0 Å². The summed E-state index contributed by atoms with van der Waals surface area (Å²) in [7, 11) is 0. The van der Waals surface area contributed by atoms with Crippen molar-refractivity contribution in [3.05, 3.63) is 54.1 Å². The summed E-state index contributed by atoms with van der Waals surface area (Å²) in [4.78, 5) is 21.5. The van der Waals surface area contributed by atoms with Gasteiger partial charge in [0.25, 0.3) is 5.19 Å². The molecule has 3 fully saturated rings.